The van der Waals surface area contributed by atoms with Crippen molar-refractivity contribution in [3.8, 4) is 11.6 Å². The van der Waals surface area contributed by atoms with Crippen LogP contribution in [0.1, 0.15) is 5.56 Å². The first kappa shape index (κ1) is 21.6. The predicted octanol–water partition coefficient (Wildman–Crippen LogP) is 2.01. The van der Waals surface area contributed by atoms with Gasteiger partial charge in [0.2, 0.25) is 15.9 Å². The number of hydrogen-bond acceptors (Lipinski definition) is 7. The molecule has 1 fully saturated rings. The number of benzene rings is 1. The molecule has 0 saturated carbocycles. The van der Waals surface area contributed by atoms with Crippen LogP contribution < -0.4 is 0 Å². The smallest absolute Gasteiger partial charge is 0.243 e. The Bertz CT molecular complexity index is 1150. The molecule has 3 heterocycles. The van der Waals surface area contributed by atoms with E-state index in [1.807, 2.05) is 14.0 Å². The zero-order valence-electron chi connectivity index (χ0n) is 17.3. The second-order valence-electron chi connectivity index (χ2n) is 7.23. The highest BCUT2D eigenvalue weighted by atomic mass is 32.2. The maximum Gasteiger partial charge on any atom is 0.243 e. The highest BCUT2D eigenvalue weighted by molar-refractivity contribution is 7.99. The Kier molecular flexibility index (Phi) is 6.17. The summed E-state index contributed by atoms with van der Waals surface area (Å²) in [6.45, 7) is 3.19. The van der Waals surface area contributed by atoms with Crippen molar-refractivity contribution < 1.29 is 17.6 Å². The van der Waals surface area contributed by atoms with Gasteiger partial charge in [-0.15, -0.1) is 10.2 Å². The van der Waals surface area contributed by atoms with Gasteiger partial charge in [-0.2, -0.15) is 4.31 Å². The van der Waals surface area contributed by atoms with Crippen LogP contribution in [0.5, 0.6) is 0 Å². The summed E-state index contributed by atoms with van der Waals surface area (Å²) in [6.07, 6.45) is 1.57. The fourth-order valence-electron chi connectivity index (χ4n) is 3.32. The molecule has 1 amide bonds. The lowest BCUT2D eigenvalue weighted by atomic mass is 10.2. The Hall–Kier alpha value is -2.63. The lowest BCUT2D eigenvalue weighted by molar-refractivity contribution is -0.129. The number of aryl methyl sites for hydroxylation is 1. The Morgan fingerprint density at radius 2 is 1.81 bits per heavy atom. The number of aromatic nitrogens is 3. The van der Waals surface area contributed by atoms with Crippen molar-refractivity contribution in [2.45, 2.75) is 17.0 Å². The third-order valence-corrected chi connectivity index (χ3v) is 8.07. The minimum absolute atomic E-state index is 0.0556. The van der Waals surface area contributed by atoms with Crippen molar-refractivity contribution in [3.05, 3.63) is 48.2 Å². The van der Waals surface area contributed by atoms with Crippen molar-refractivity contribution >= 4 is 27.7 Å². The van der Waals surface area contributed by atoms with E-state index >= 15 is 0 Å². The Morgan fingerprint density at radius 1 is 1.10 bits per heavy atom. The van der Waals surface area contributed by atoms with Crippen LogP contribution in [0.4, 0.5) is 0 Å². The molecule has 0 atom stereocenters. The lowest BCUT2D eigenvalue weighted by Crippen LogP contribution is -2.50. The predicted molar refractivity (Wildman–Crippen MR) is 116 cm³/mol. The van der Waals surface area contributed by atoms with Gasteiger partial charge in [0.1, 0.15) is 0 Å². The van der Waals surface area contributed by atoms with Gasteiger partial charge in [-0.1, -0.05) is 29.5 Å². The molecule has 0 aliphatic carbocycles. The first-order valence-corrected chi connectivity index (χ1v) is 12.2. The second-order valence-corrected chi connectivity index (χ2v) is 10.1. The van der Waals surface area contributed by atoms with Crippen LogP contribution >= 0.6 is 11.8 Å². The molecule has 0 bridgehead atoms. The Morgan fingerprint density at radius 3 is 2.45 bits per heavy atom. The largest absolute Gasteiger partial charge is 0.461 e. The number of thioether (sulfide) groups is 1. The fraction of sp³-hybridized carbons (Fsp3) is 0.350. The molecule has 0 spiro atoms. The van der Waals surface area contributed by atoms with Crippen LogP contribution in [0.2, 0.25) is 0 Å². The van der Waals surface area contributed by atoms with Gasteiger partial charge >= 0.3 is 0 Å². The molecule has 0 N–H and O–H groups in total. The Balaban J connectivity index is 1.32. The normalized spacial score (nSPS) is 15.4. The molecule has 9 nitrogen and oxygen atoms in total. The van der Waals surface area contributed by atoms with E-state index in [1.165, 1.54) is 16.1 Å². The van der Waals surface area contributed by atoms with E-state index in [0.717, 1.165) is 5.56 Å². The first-order valence-electron chi connectivity index (χ1n) is 9.77. The summed E-state index contributed by atoms with van der Waals surface area (Å²) < 4.78 is 34.2. The Labute approximate surface area is 185 Å². The summed E-state index contributed by atoms with van der Waals surface area (Å²) in [5.74, 6) is 1.35. The van der Waals surface area contributed by atoms with Gasteiger partial charge < -0.3 is 13.9 Å². The molecule has 2 aromatic heterocycles. The molecular weight excluding hydrogens is 438 g/mol. The maximum atomic E-state index is 12.8. The number of carbonyl (C=O) groups excluding carboxylic acids is 1. The van der Waals surface area contributed by atoms with Crippen molar-refractivity contribution in [2.24, 2.45) is 7.05 Å². The number of piperazine rings is 1. The van der Waals surface area contributed by atoms with Crippen LogP contribution in [0, 0.1) is 6.92 Å². The van der Waals surface area contributed by atoms with E-state index < -0.39 is 10.0 Å². The average molecular weight is 462 g/mol. The van der Waals surface area contributed by atoms with Gasteiger partial charge in [0, 0.05) is 33.2 Å². The summed E-state index contributed by atoms with van der Waals surface area (Å²) in [5, 5.41) is 8.86. The first-order chi connectivity index (χ1) is 14.9. The van der Waals surface area contributed by atoms with E-state index in [9.17, 15) is 13.2 Å². The number of furan rings is 1. The standard InChI is InChI=1S/C20H23N5O4S2/c1-15-5-7-16(8-6-15)31(27,28)25-11-9-24(10-12-25)18(26)14-30-20-22-21-19(23(20)2)17-4-3-13-29-17/h3-8,13H,9-12,14H2,1-2H3. The highest BCUT2D eigenvalue weighted by Gasteiger charge is 2.30. The summed E-state index contributed by atoms with van der Waals surface area (Å²) in [5.41, 5.74) is 1.01. The van der Waals surface area contributed by atoms with Gasteiger partial charge in [0.25, 0.3) is 0 Å². The van der Waals surface area contributed by atoms with Gasteiger partial charge in [0.15, 0.2) is 16.7 Å². The van der Waals surface area contributed by atoms with Crippen LogP contribution in [0.3, 0.4) is 0 Å². The van der Waals surface area contributed by atoms with Gasteiger partial charge in [-0.25, -0.2) is 8.42 Å². The maximum absolute atomic E-state index is 12.8. The van der Waals surface area contributed by atoms with Crippen molar-refractivity contribution in [1.29, 1.82) is 0 Å². The number of hydrogen-bond donors (Lipinski definition) is 0. The van der Waals surface area contributed by atoms with E-state index in [4.69, 9.17) is 4.42 Å². The highest BCUT2D eigenvalue weighted by Crippen LogP contribution is 2.24. The van der Waals surface area contributed by atoms with Gasteiger partial charge in [0.05, 0.1) is 16.9 Å². The molecule has 1 aromatic carbocycles. The summed E-state index contributed by atoms with van der Waals surface area (Å²) in [7, 11) is -1.73. The van der Waals surface area contributed by atoms with Crippen molar-refractivity contribution in [1.82, 2.24) is 24.0 Å². The summed E-state index contributed by atoms with van der Waals surface area (Å²) >= 11 is 1.30. The van der Waals surface area contributed by atoms with Crippen LogP contribution in [-0.4, -0.2) is 70.2 Å². The van der Waals surface area contributed by atoms with E-state index in [1.54, 1.807) is 52.1 Å². The quantitative estimate of drug-likeness (QED) is 0.518. The van der Waals surface area contributed by atoms with Gasteiger partial charge in [-0.05, 0) is 31.2 Å². The number of amides is 1. The van der Waals surface area contributed by atoms with Crippen molar-refractivity contribution in [3.63, 3.8) is 0 Å². The molecule has 31 heavy (non-hydrogen) atoms. The molecular formula is C20H23N5O4S2. The minimum Gasteiger partial charge on any atom is -0.461 e. The molecule has 4 rings (SSSR count). The van der Waals surface area contributed by atoms with E-state index in [-0.39, 0.29) is 29.6 Å². The summed E-state index contributed by atoms with van der Waals surface area (Å²) in [4.78, 5) is 14.6. The second kappa shape index (κ2) is 8.85. The topological polar surface area (TPSA) is 102 Å². The minimum atomic E-state index is -3.55. The average Bonchev–Trinajstić information content (AvgIpc) is 3.42. The van der Waals surface area contributed by atoms with E-state index in [0.29, 0.717) is 29.8 Å². The zero-order valence-corrected chi connectivity index (χ0v) is 18.9. The van der Waals surface area contributed by atoms with Crippen LogP contribution in [0.15, 0.2) is 57.1 Å². The third kappa shape index (κ3) is 4.53. The molecule has 3 aromatic rings. The lowest BCUT2D eigenvalue weighted by Gasteiger charge is -2.34. The van der Waals surface area contributed by atoms with Crippen LogP contribution in [0.25, 0.3) is 11.6 Å². The molecule has 164 valence electrons. The molecule has 0 unspecified atom stereocenters. The molecule has 1 saturated heterocycles. The zero-order chi connectivity index (χ0) is 22.0. The monoisotopic (exact) mass is 461 g/mol. The molecule has 1 aliphatic heterocycles. The third-order valence-electron chi connectivity index (χ3n) is 5.15. The number of sulfonamides is 1. The molecule has 0 radical (unpaired) electrons. The summed E-state index contributed by atoms with van der Waals surface area (Å²) in [6, 6.07) is 10.4. The molecule has 11 heteroatoms. The number of nitrogens with zero attached hydrogens (tertiary/aromatic N) is 5. The van der Waals surface area contributed by atoms with E-state index in [2.05, 4.69) is 10.2 Å². The fourth-order valence-corrected chi connectivity index (χ4v) is 5.55. The number of rotatable bonds is 6. The molecule has 1 aliphatic rings. The van der Waals surface area contributed by atoms with Crippen molar-refractivity contribution in [2.75, 3.05) is 31.9 Å². The number of carbonyl (C=O) groups is 1. The van der Waals surface area contributed by atoms with Crippen LogP contribution in [-0.2, 0) is 21.9 Å². The SMILES string of the molecule is Cc1ccc(S(=O)(=O)N2CCN(C(=O)CSc3nnc(-c4ccco4)n3C)CC2)cc1. The van der Waals surface area contributed by atoms with Gasteiger partial charge in [-0.3, -0.25) is 4.79 Å².